The highest BCUT2D eigenvalue weighted by atomic mass is 32.1. The Labute approximate surface area is 513 Å². The van der Waals surface area contributed by atoms with Crippen LogP contribution < -0.4 is 31.7 Å². The molecule has 0 unspecified atom stereocenters. The summed E-state index contributed by atoms with van der Waals surface area (Å²) in [5.41, 5.74) is 25.6. The molecule has 0 saturated heterocycles. The molecule has 0 aliphatic carbocycles. The molecule has 4 aliphatic rings. The lowest BCUT2D eigenvalue weighted by Gasteiger charge is -2.41. The second-order valence-corrected chi connectivity index (χ2v) is 26.4. The van der Waals surface area contributed by atoms with Crippen molar-refractivity contribution in [2.75, 3.05) is 9.80 Å². The van der Waals surface area contributed by atoms with E-state index in [2.05, 4.69) is 284 Å². The van der Waals surface area contributed by atoms with Crippen molar-refractivity contribution < 1.29 is 0 Å². The Kier molecular flexibility index (Phi) is 8.83. The highest BCUT2D eigenvalue weighted by molar-refractivity contribution is 7.18. The van der Waals surface area contributed by atoms with Crippen molar-refractivity contribution in [3.63, 3.8) is 0 Å². The Morgan fingerprint density at radius 2 is 0.886 bits per heavy atom. The van der Waals surface area contributed by atoms with Crippen LogP contribution in [0.2, 0.25) is 0 Å². The van der Waals surface area contributed by atoms with Gasteiger partial charge in [-0.05, 0) is 165 Å². The molecule has 402 valence electrons. The molecular formula is C80H44B2N4S2. The summed E-state index contributed by atoms with van der Waals surface area (Å²) in [5.74, 6) is 0. The summed E-state index contributed by atoms with van der Waals surface area (Å²) in [6.45, 7) is -0.125. The van der Waals surface area contributed by atoms with Crippen LogP contribution in [-0.2, 0) is 0 Å². The Morgan fingerprint density at radius 1 is 0.295 bits per heavy atom. The molecule has 8 heteroatoms. The maximum absolute atomic E-state index is 2.73. The van der Waals surface area contributed by atoms with E-state index in [1.165, 1.54) is 196 Å². The van der Waals surface area contributed by atoms with Gasteiger partial charge >= 0.3 is 13.7 Å². The van der Waals surface area contributed by atoms with Crippen molar-refractivity contribution in [3.05, 3.63) is 266 Å². The van der Waals surface area contributed by atoms with E-state index in [4.69, 9.17) is 0 Å². The highest BCUT2D eigenvalue weighted by Crippen LogP contribution is 2.54. The van der Waals surface area contributed by atoms with Gasteiger partial charge in [0.2, 0.25) is 0 Å². The van der Waals surface area contributed by atoms with E-state index in [0.29, 0.717) is 0 Å². The van der Waals surface area contributed by atoms with Crippen LogP contribution in [0.25, 0.3) is 140 Å². The summed E-state index contributed by atoms with van der Waals surface area (Å²) < 4.78 is 8.04. The van der Waals surface area contributed by atoms with Crippen LogP contribution in [0.4, 0.5) is 34.1 Å². The van der Waals surface area contributed by atoms with E-state index in [1.807, 2.05) is 22.7 Å². The van der Waals surface area contributed by atoms with Crippen LogP contribution in [-0.4, -0.2) is 22.7 Å². The predicted octanol–water partition coefficient (Wildman–Crippen LogP) is 19.4. The minimum absolute atomic E-state index is 0.0367. The largest absolute Gasteiger partial charge is 0.375 e. The van der Waals surface area contributed by atoms with Crippen LogP contribution in [0.15, 0.2) is 266 Å². The summed E-state index contributed by atoms with van der Waals surface area (Å²) in [7, 11) is 0. The van der Waals surface area contributed by atoms with Crippen molar-refractivity contribution in [1.82, 2.24) is 8.96 Å². The van der Waals surface area contributed by atoms with Crippen LogP contribution in [0.3, 0.4) is 0 Å². The number of fused-ring (bicyclic) bond motifs is 23. The average molecular weight is 1150 g/mol. The van der Waals surface area contributed by atoms with Gasteiger partial charge in [-0.25, -0.2) is 0 Å². The van der Waals surface area contributed by atoms with Crippen molar-refractivity contribution in [2.24, 2.45) is 0 Å². The zero-order valence-corrected chi connectivity index (χ0v) is 48.8. The molecule has 18 aromatic rings. The van der Waals surface area contributed by atoms with E-state index in [0.717, 1.165) is 0 Å². The predicted molar refractivity (Wildman–Crippen MR) is 380 cm³/mol. The Hall–Kier alpha value is -10.6. The van der Waals surface area contributed by atoms with Gasteiger partial charge in [-0.2, -0.15) is 0 Å². The first-order chi connectivity index (χ1) is 43.7. The maximum Gasteiger partial charge on any atom is 0.333 e. The average Bonchev–Trinajstić information content (AvgIpc) is 1.49. The molecular weight excluding hydrogens is 1100 g/mol. The van der Waals surface area contributed by atoms with Gasteiger partial charge in [0.25, 0.3) is 0 Å². The van der Waals surface area contributed by atoms with Crippen LogP contribution in [0, 0.1) is 0 Å². The number of hydrogen-bond acceptors (Lipinski definition) is 4. The fraction of sp³-hybridized carbons (Fsp3) is 0. The number of hydrogen-bond donors (Lipinski definition) is 0. The number of anilines is 6. The third-order valence-electron chi connectivity index (χ3n) is 20.5. The van der Waals surface area contributed by atoms with Crippen LogP contribution in [0.5, 0.6) is 0 Å². The lowest BCUT2D eigenvalue weighted by molar-refractivity contribution is 1.27. The van der Waals surface area contributed by atoms with Gasteiger partial charge in [-0.3, -0.25) is 0 Å². The Bertz CT molecular complexity index is 6260. The van der Waals surface area contributed by atoms with Gasteiger partial charge in [-0.15, -0.1) is 22.7 Å². The number of aromatic nitrogens is 2. The van der Waals surface area contributed by atoms with Crippen LogP contribution in [0.1, 0.15) is 0 Å². The van der Waals surface area contributed by atoms with Gasteiger partial charge in [-0.1, -0.05) is 188 Å². The third kappa shape index (κ3) is 5.79. The zero-order chi connectivity index (χ0) is 56.8. The van der Waals surface area contributed by atoms with E-state index >= 15 is 0 Å². The second kappa shape index (κ2) is 16.7. The van der Waals surface area contributed by atoms with Crippen molar-refractivity contribution in [2.45, 2.75) is 0 Å². The minimum atomic E-state index is -0.0884. The first kappa shape index (κ1) is 46.6. The molecule has 0 saturated carbocycles. The fourth-order valence-corrected chi connectivity index (χ4v) is 18.8. The number of thiophene rings is 2. The molecule has 4 aliphatic heterocycles. The maximum atomic E-state index is 2.73. The standard InChI is InChI=1S/C80H44B2N4S2/c1-2-15-47-40-54(30-27-45(47)13-1)83-70-44-49-17-4-3-16-48(49)43-66(70)82-72-64(42-52-35-37-87-79(52)77(72)83)61-33-32-56(71-62-21-8-10-25-69(62)86(82)76(61)71)51-28-31-55-50(39-51)18-11-26-67(55)84-75-57-19-6-5-14-46(57)29-34-65(75)81-73-63(41-53-36-38-88-80(53)78(73)84)60-23-12-22-59-58-20-7-9-24-68(58)85(81)74(59)60/h1-44H. The quantitative estimate of drug-likeness (QED) is 0.164. The van der Waals surface area contributed by atoms with Crippen molar-refractivity contribution in [1.29, 1.82) is 0 Å². The van der Waals surface area contributed by atoms with Crippen molar-refractivity contribution in [3.8, 4) is 33.4 Å². The number of nitrogens with zero attached hydrogens (tertiary/aromatic N) is 4. The molecule has 22 rings (SSSR count). The van der Waals surface area contributed by atoms with Gasteiger partial charge in [0.15, 0.2) is 0 Å². The van der Waals surface area contributed by atoms with Crippen molar-refractivity contribution >= 4 is 199 Å². The normalized spacial score (nSPS) is 13.6. The Morgan fingerprint density at radius 3 is 1.68 bits per heavy atom. The molecule has 0 fully saturated rings. The lowest BCUT2D eigenvalue weighted by Crippen LogP contribution is -2.56. The monoisotopic (exact) mass is 1150 g/mol. The highest BCUT2D eigenvalue weighted by Gasteiger charge is 2.47. The lowest BCUT2D eigenvalue weighted by atomic mass is 9.45. The summed E-state index contributed by atoms with van der Waals surface area (Å²) in [6.07, 6.45) is 0. The fourth-order valence-electron chi connectivity index (χ4n) is 17.0. The van der Waals surface area contributed by atoms with E-state index in [-0.39, 0.29) is 13.7 Å². The van der Waals surface area contributed by atoms with Gasteiger partial charge in [0.05, 0.1) is 32.1 Å². The molecule has 14 aromatic carbocycles. The molecule has 0 atom stereocenters. The molecule has 0 bridgehead atoms. The van der Waals surface area contributed by atoms with E-state index in [1.54, 1.807) is 0 Å². The molecule has 4 aromatic heterocycles. The first-order valence-corrected chi connectivity index (χ1v) is 32.3. The smallest absolute Gasteiger partial charge is 0.333 e. The summed E-state index contributed by atoms with van der Waals surface area (Å²) in [5, 5.41) is 22.2. The third-order valence-corrected chi connectivity index (χ3v) is 22.3. The van der Waals surface area contributed by atoms with Gasteiger partial charge in [0.1, 0.15) is 0 Å². The number of benzene rings is 14. The van der Waals surface area contributed by atoms with Crippen LogP contribution >= 0.6 is 22.7 Å². The molecule has 0 amide bonds. The molecule has 4 nitrogen and oxygen atoms in total. The zero-order valence-electron chi connectivity index (χ0n) is 47.2. The minimum Gasteiger partial charge on any atom is -0.375 e. The first-order valence-electron chi connectivity index (χ1n) is 30.5. The number of rotatable bonds is 3. The van der Waals surface area contributed by atoms with Gasteiger partial charge < -0.3 is 18.8 Å². The van der Waals surface area contributed by atoms with E-state index in [9.17, 15) is 0 Å². The number of para-hydroxylation sites is 3. The SMILES string of the molecule is c1ccc2cc(N3c4cc5ccccc5cc4B4c5c(cc6ccsc6c53)-c3ccc(-c5ccc6c(N7c8c(ccc9ccccc89)B8c9c(cc%10ccsc%10c97)-c7cccc9c%10ccccc%10n8c79)cccc6c5)c5c6ccccc6n4c35)ccc2c1. The van der Waals surface area contributed by atoms with E-state index < -0.39 is 0 Å². The molecule has 88 heavy (non-hydrogen) atoms. The summed E-state index contributed by atoms with van der Waals surface area (Å²) in [6, 6.07) is 97.7. The summed E-state index contributed by atoms with van der Waals surface area (Å²) >= 11 is 3.73. The topological polar surface area (TPSA) is 16.3 Å². The molecule has 0 radical (unpaired) electrons. The second-order valence-electron chi connectivity index (χ2n) is 24.6. The molecule has 0 N–H and O–H groups in total. The molecule has 8 heterocycles. The molecule has 0 spiro atoms. The summed E-state index contributed by atoms with van der Waals surface area (Å²) in [4.78, 5) is 5.28. The van der Waals surface area contributed by atoms with Gasteiger partial charge in [0, 0.05) is 76.9 Å². The Balaban J connectivity index is 0.787.